The number of rotatable bonds is 8. The van der Waals surface area contributed by atoms with E-state index < -0.39 is 16.0 Å². The highest BCUT2D eigenvalue weighted by molar-refractivity contribution is 7.89. The topological polar surface area (TPSA) is 92.7 Å². The van der Waals surface area contributed by atoms with E-state index in [1.807, 2.05) is 0 Å². The third-order valence-corrected chi connectivity index (χ3v) is 4.09. The Bertz CT molecular complexity index is 328. The van der Waals surface area contributed by atoms with Gasteiger partial charge in [-0.2, -0.15) is 0 Å². The molecule has 0 aliphatic rings. The van der Waals surface area contributed by atoms with Gasteiger partial charge in [-0.25, -0.2) is 13.1 Å². The zero-order valence-corrected chi connectivity index (χ0v) is 11.3. The van der Waals surface area contributed by atoms with Crippen molar-refractivity contribution < 1.29 is 23.1 Å². The van der Waals surface area contributed by atoms with Crippen molar-refractivity contribution in [3.8, 4) is 0 Å². The average molecular weight is 267 g/mol. The lowest BCUT2D eigenvalue weighted by Crippen LogP contribution is -2.39. The number of ether oxygens (including phenoxy) is 1. The van der Waals surface area contributed by atoms with Crippen molar-refractivity contribution in [2.24, 2.45) is 5.92 Å². The maximum absolute atomic E-state index is 11.6. The summed E-state index contributed by atoms with van der Waals surface area (Å²) in [5, 5.41) is 8.89. The molecule has 2 N–H and O–H groups in total. The minimum absolute atomic E-state index is 0.0775. The molecule has 2 unspecified atom stereocenters. The Morgan fingerprint density at radius 2 is 2.00 bits per heavy atom. The number of sulfonamides is 1. The van der Waals surface area contributed by atoms with Gasteiger partial charge in [0.15, 0.2) is 0 Å². The first kappa shape index (κ1) is 16.3. The zero-order valence-electron chi connectivity index (χ0n) is 10.5. The number of hydrogen-bond acceptors (Lipinski definition) is 5. The lowest BCUT2D eigenvalue weighted by Gasteiger charge is -2.19. The Hall–Kier alpha value is -0.660. The molecular weight excluding hydrogens is 246 g/mol. The molecule has 0 spiro atoms. The Morgan fingerprint density at radius 1 is 1.41 bits per heavy atom. The number of carbonyl (C=O) groups excluding carboxylic acids is 1. The van der Waals surface area contributed by atoms with Gasteiger partial charge in [0.2, 0.25) is 10.0 Å². The van der Waals surface area contributed by atoms with Crippen molar-refractivity contribution in [1.29, 1.82) is 0 Å². The van der Waals surface area contributed by atoms with Crippen LogP contribution in [-0.2, 0) is 19.6 Å². The molecular formula is C10H21NO5S. The maximum atomic E-state index is 11.6. The predicted molar refractivity (Wildman–Crippen MR) is 63.9 cm³/mol. The lowest BCUT2D eigenvalue weighted by molar-refractivity contribution is -0.140. The zero-order chi connectivity index (χ0) is 13.5. The van der Waals surface area contributed by atoms with Gasteiger partial charge in [0.1, 0.15) is 0 Å². The molecule has 0 aromatic rings. The van der Waals surface area contributed by atoms with Crippen LogP contribution >= 0.6 is 0 Å². The Labute approximate surface area is 102 Å². The molecule has 0 saturated carbocycles. The van der Waals surface area contributed by atoms with Crippen LogP contribution in [0.1, 0.15) is 26.7 Å². The van der Waals surface area contributed by atoms with Crippen LogP contribution in [0.15, 0.2) is 0 Å². The summed E-state index contributed by atoms with van der Waals surface area (Å²) in [5.74, 6) is -0.688. The van der Waals surface area contributed by atoms with Crippen LogP contribution in [0.4, 0.5) is 0 Å². The second-order valence-electron chi connectivity index (χ2n) is 4.06. The standard InChI is InChI=1S/C10H21NO5S/c1-8(7-12)9(2)11-17(14,15)6-4-5-10(13)16-3/h8-9,11-12H,4-7H2,1-3H3. The van der Waals surface area contributed by atoms with E-state index in [1.54, 1.807) is 13.8 Å². The van der Waals surface area contributed by atoms with Crippen LogP contribution in [0.25, 0.3) is 0 Å². The van der Waals surface area contributed by atoms with Crippen molar-refractivity contribution in [3.05, 3.63) is 0 Å². The van der Waals surface area contributed by atoms with Gasteiger partial charge in [0.05, 0.1) is 12.9 Å². The Balaban J connectivity index is 4.08. The first-order valence-corrected chi connectivity index (χ1v) is 7.15. The number of aliphatic hydroxyl groups is 1. The summed E-state index contributed by atoms with van der Waals surface area (Å²) in [6, 6.07) is -0.330. The van der Waals surface area contributed by atoms with Crippen LogP contribution in [0.3, 0.4) is 0 Å². The van der Waals surface area contributed by atoms with Gasteiger partial charge in [-0.3, -0.25) is 4.79 Å². The summed E-state index contributed by atoms with van der Waals surface area (Å²) in [4.78, 5) is 10.8. The molecule has 0 rings (SSSR count). The number of nitrogens with one attached hydrogen (secondary N) is 1. The number of aliphatic hydroxyl groups excluding tert-OH is 1. The molecule has 0 aromatic carbocycles. The van der Waals surface area contributed by atoms with Gasteiger partial charge in [0.25, 0.3) is 0 Å². The van der Waals surface area contributed by atoms with Gasteiger partial charge < -0.3 is 9.84 Å². The van der Waals surface area contributed by atoms with E-state index in [4.69, 9.17) is 5.11 Å². The quantitative estimate of drug-likeness (QED) is 0.598. The largest absolute Gasteiger partial charge is 0.469 e. The SMILES string of the molecule is COC(=O)CCCS(=O)(=O)NC(C)C(C)CO. The minimum Gasteiger partial charge on any atom is -0.469 e. The van der Waals surface area contributed by atoms with Gasteiger partial charge in [0, 0.05) is 19.1 Å². The van der Waals surface area contributed by atoms with Crippen LogP contribution in [-0.4, -0.2) is 45.0 Å². The fourth-order valence-electron chi connectivity index (χ4n) is 1.13. The van der Waals surface area contributed by atoms with E-state index in [2.05, 4.69) is 9.46 Å². The minimum atomic E-state index is -3.41. The molecule has 0 fully saturated rings. The lowest BCUT2D eigenvalue weighted by atomic mass is 10.1. The van der Waals surface area contributed by atoms with Gasteiger partial charge in [-0.05, 0) is 19.3 Å². The van der Waals surface area contributed by atoms with Gasteiger partial charge >= 0.3 is 5.97 Å². The van der Waals surface area contributed by atoms with Crippen LogP contribution in [0.5, 0.6) is 0 Å². The normalized spacial score (nSPS) is 15.3. The second-order valence-corrected chi connectivity index (χ2v) is 5.94. The summed E-state index contributed by atoms with van der Waals surface area (Å²) in [6.07, 6.45) is 0.309. The number of carbonyl (C=O) groups is 1. The van der Waals surface area contributed by atoms with E-state index in [9.17, 15) is 13.2 Å². The van der Waals surface area contributed by atoms with Gasteiger partial charge in [-0.15, -0.1) is 0 Å². The maximum Gasteiger partial charge on any atom is 0.305 e. The summed E-state index contributed by atoms with van der Waals surface area (Å²) >= 11 is 0. The summed E-state index contributed by atoms with van der Waals surface area (Å²) in [7, 11) is -2.14. The highest BCUT2D eigenvalue weighted by atomic mass is 32.2. The molecule has 0 heterocycles. The molecule has 0 aromatic heterocycles. The van der Waals surface area contributed by atoms with Crippen LogP contribution in [0, 0.1) is 5.92 Å². The van der Waals surface area contributed by atoms with Crippen LogP contribution < -0.4 is 4.72 Å². The van der Waals surface area contributed by atoms with Crippen molar-refractivity contribution in [2.75, 3.05) is 19.5 Å². The summed E-state index contributed by atoms with van der Waals surface area (Å²) in [5.41, 5.74) is 0. The molecule has 7 heteroatoms. The van der Waals surface area contributed by atoms with E-state index in [1.165, 1.54) is 7.11 Å². The highest BCUT2D eigenvalue weighted by Crippen LogP contribution is 2.04. The second kappa shape index (κ2) is 7.62. The van der Waals surface area contributed by atoms with Crippen molar-refractivity contribution in [2.45, 2.75) is 32.7 Å². The van der Waals surface area contributed by atoms with E-state index in [0.717, 1.165) is 0 Å². The van der Waals surface area contributed by atoms with Crippen LogP contribution in [0.2, 0.25) is 0 Å². The predicted octanol–water partition coefficient (Wildman–Crippen LogP) is -0.124. The molecule has 0 radical (unpaired) electrons. The Kier molecular flexibility index (Phi) is 7.33. The molecule has 0 saturated heterocycles. The fraction of sp³-hybridized carbons (Fsp3) is 0.900. The first-order valence-electron chi connectivity index (χ1n) is 5.50. The van der Waals surface area contributed by atoms with Crippen molar-refractivity contribution in [1.82, 2.24) is 4.72 Å². The molecule has 0 bridgehead atoms. The van der Waals surface area contributed by atoms with E-state index in [0.29, 0.717) is 0 Å². The van der Waals surface area contributed by atoms with Crippen molar-refractivity contribution >= 4 is 16.0 Å². The van der Waals surface area contributed by atoms with Gasteiger partial charge in [-0.1, -0.05) is 6.92 Å². The average Bonchev–Trinajstić information content (AvgIpc) is 2.26. The molecule has 0 aliphatic carbocycles. The van der Waals surface area contributed by atoms with Crippen molar-refractivity contribution in [3.63, 3.8) is 0 Å². The van der Waals surface area contributed by atoms with E-state index >= 15 is 0 Å². The molecule has 0 aliphatic heterocycles. The monoisotopic (exact) mass is 267 g/mol. The first-order chi connectivity index (χ1) is 7.82. The molecule has 17 heavy (non-hydrogen) atoms. The smallest absolute Gasteiger partial charge is 0.305 e. The molecule has 6 nitrogen and oxygen atoms in total. The fourth-order valence-corrected chi connectivity index (χ4v) is 2.57. The molecule has 0 amide bonds. The summed E-state index contributed by atoms with van der Waals surface area (Å²) < 4.78 is 30.0. The highest BCUT2D eigenvalue weighted by Gasteiger charge is 2.18. The third kappa shape index (κ3) is 7.30. The Morgan fingerprint density at radius 3 is 2.47 bits per heavy atom. The number of hydrogen-bond donors (Lipinski definition) is 2. The molecule has 102 valence electrons. The third-order valence-electron chi connectivity index (χ3n) is 2.53. The van der Waals surface area contributed by atoms with E-state index in [-0.39, 0.29) is 37.2 Å². The number of esters is 1. The summed E-state index contributed by atoms with van der Waals surface area (Å²) in [6.45, 7) is 3.37. The molecule has 2 atom stereocenters. The number of methoxy groups -OCH3 is 1.